The van der Waals surface area contributed by atoms with Gasteiger partial charge in [-0.15, -0.1) is 0 Å². The summed E-state index contributed by atoms with van der Waals surface area (Å²) in [4.78, 5) is 35.4. The lowest BCUT2D eigenvalue weighted by Gasteiger charge is -2.07. The Morgan fingerprint density at radius 2 is 1.75 bits per heavy atom. The maximum Gasteiger partial charge on any atom is 0.337 e. The summed E-state index contributed by atoms with van der Waals surface area (Å²) < 4.78 is 9.53. The normalized spacial score (nSPS) is 18.6. The lowest BCUT2D eigenvalue weighted by molar-refractivity contribution is -0.125. The smallest absolute Gasteiger partial charge is 0.337 e. The largest absolute Gasteiger partial charge is 0.465 e. The molecule has 1 saturated carbocycles. The molecule has 0 radical (unpaired) electrons. The van der Waals surface area contributed by atoms with Crippen molar-refractivity contribution in [3.8, 4) is 0 Å². The van der Waals surface area contributed by atoms with Crippen LogP contribution in [0.1, 0.15) is 23.2 Å². The van der Waals surface area contributed by atoms with Crippen molar-refractivity contribution in [3.63, 3.8) is 0 Å². The molecule has 1 aromatic rings. The Kier molecular flexibility index (Phi) is 6.31. The van der Waals surface area contributed by atoms with Crippen molar-refractivity contribution < 1.29 is 23.9 Å². The summed E-state index contributed by atoms with van der Waals surface area (Å²) in [6, 6.07) is 6.42. The van der Waals surface area contributed by atoms with E-state index in [-0.39, 0.29) is 23.7 Å². The molecule has 1 aliphatic rings. The fourth-order valence-corrected chi connectivity index (χ4v) is 2.38. The third kappa shape index (κ3) is 4.79. The highest BCUT2D eigenvalue weighted by molar-refractivity contribution is 5.99. The van der Waals surface area contributed by atoms with E-state index < -0.39 is 5.97 Å². The van der Waals surface area contributed by atoms with Crippen molar-refractivity contribution in [1.82, 2.24) is 5.32 Å². The molecule has 1 fully saturated rings. The zero-order valence-corrected chi connectivity index (χ0v) is 13.8. The molecule has 0 aliphatic heterocycles. The Morgan fingerprint density at radius 3 is 2.38 bits per heavy atom. The molecule has 2 N–H and O–H groups in total. The fourth-order valence-electron chi connectivity index (χ4n) is 2.38. The molecule has 7 nitrogen and oxygen atoms in total. The quantitative estimate of drug-likeness (QED) is 0.550. The Morgan fingerprint density at radius 1 is 1.08 bits per heavy atom. The standard InChI is InChI=1S/C17H22N2O5/c1-23-9-3-8-18-15(20)13-10-14(13)16(21)19-12-6-4-11(5-7-12)17(22)24-2/h4-7,13-14H,3,8-10H2,1-2H3,(H,18,20)(H,19,21). The van der Waals surface area contributed by atoms with Crippen LogP contribution in [0.15, 0.2) is 24.3 Å². The minimum atomic E-state index is -0.430. The van der Waals surface area contributed by atoms with E-state index in [4.69, 9.17) is 4.74 Å². The van der Waals surface area contributed by atoms with Gasteiger partial charge in [-0.1, -0.05) is 0 Å². The average Bonchev–Trinajstić information content (AvgIpc) is 3.39. The van der Waals surface area contributed by atoms with Gasteiger partial charge in [0, 0.05) is 25.9 Å². The minimum absolute atomic E-state index is 0.0905. The first-order chi connectivity index (χ1) is 11.6. The van der Waals surface area contributed by atoms with E-state index in [1.54, 1.807) is 31.4 Å². The van der Waals surface area contributed by atoms with E-state index in [1.807, 2.05) is 0 Å². The van der Waals surface area contributed by atoms with Crippen LogP contribution in [0.2, 0.25) is 0 Å². The Hall–Kier alpha value is -2.41. The maximum absolute atomic E-state index is 12.1. The highest BCUT2D eigenvalue weighted by Crippen LogP contribution is 2.39. The molecule has 0 bridgehead atoms. The molecule has 1 aromatic carbocycles. The van der Waals surface area contributed by atoms with Crippen LogP contribution in [0.25, 0.3) is 0 Å². The summed E-state index contributed by atoms with van der Waals surface area (Å²) in [5.41, 5.74) is 0.994. The van der Waals surface area contributed by atoms with Crippen LogP contribution in [-0.2, 0) is 19.1 Å². The first-order valence-electron chi connectivity index (χ1n) is 7.82. The van der Waals surface area contributed by atoms with Gasteiger partial charge in [0.2, 0.25) is 11.8 Å². The maximum atomic E-state index is 12.1. The predicted octanol–water partition coefficient (Wildman–Crippen LogP) is 1.20. The monoisotopic (exact) mass is 334 g/mol. The molecular formula is C17H22N2O5. The van der Waals surface area contributed by atoms with Crippen LogP contribution < -0.4 is 10.6 Å². The van der Waals surface area contributed by atoms with Crippen molar-refractivity contribution in [2.24, 2.45) is 11.8 Å². The third-order valence-corrected chi connectivity index (χ3v) is 3.86. The molecule has 0 aromatic heterocycles. The Balaban J connectivity index is 1.77. The van der Waals surface area contributed by atoms with Gasteiger partial charge in [0.25, 0.3) is 0 Å². The molecule has 0 spiro atoms. The molecular weight excluding hydrogens is 312 g/mol. The van der Waals surface area contributed by atoms with Gasteiger partial charge in [-0.05, 0) is 37.1 Å². The SMILES string of the molecule is COCCCNC(=O)C1CC1C(=O)Nc1ccc(C(=O)OC)cc1. The van der Waals surface area contributed by atoms with Gasteiger partial charge in [-0.3, -0.25) is 9.59 Å². The number of amides is 2. The molecule has 1 aliphatic carbocycles. The van der Waals surface area contributed by atoms with Crippen molar-refractivity contribution in [2.45, 2.75) is 12.8 Å². The number of hydrogen-bond donors (Lipinski definition) is 2. The summed E-state index contributed by atoms with van der Waals surface area (Å²) in [7, 11) is 2.92. The van der Waals surface area contributed by atoms with Crippen molar-refractivity contribution in [2.75, 3.05) is 32.7 Å². The number of methoxy groups -OCH3 is 2. The Bertz CT molecular complexity index is 600. The lowest BCUT2D eigenvalue weighted by Crippen LogP contribution is -2.28. The molecule has 130 valence electrons. The number of esters is 1. The van der Waals surface area contributed by atoms with Gasteiger partial charge in [0.05, 0.1) is 24.5 Å². The molecule has 2 atom stereocenters. The highest BCUT2D eigenvalue weighted by atomic mass is 16.5. The number of anilines is 1. The van der Waals surface area contributed by atoms with E-state index in [0.29, 0.717) is 30.8 Å². The Labute approximate surface area is 140 Å². The number of carbonyl (C=O) groups excluding carboxylic acids is 3. The molecule has 2 rings (SSSR count). The van der Waals surface area contributed by atoms with E-state index in [0.717, 1.165) is 6.42 Å². The van der Waals surface area contributed by atoms with Gasteiger partial charge in [-0.25, -0.2) is 4.79 Å². The number of ether oxygens (including phenoxy) is 2. The van der Waals surface area contributed by atoms with Crippen LogP contribution in [-0.4, -0.2) is 45.2 Å². The van der Waals surface area contributed by atoms with E-state index >= 15 is 0 Å². The molecule has 24 heavy (non-hydrogen) atoms. The van der Waals surface area contributed by atoms with E-state index in [2.05, 4.69) is 15.4 Å². The average molecular weight is 334 g/mol. The lowest BCUT2D eigenvalue weighted by atomic mass is 10.2. The van der Waals surface area contributed by atoms with Crippen LogP contribution in [0.4, 0.5) is 5.69 Å². The number of hydrogen-bond acceptors (Lipinski definition) is 5. The third-order valence-electron chi connectivity index (χ3n) is 3.86. The minimum Gasteiger partial charge on any atom is -0.465 e. The molecule has 2 amide bonds. The van der Waals surface area contributed by atoms with Crippen molar-refractivity contribution >= 4 is 23.5 Å². The van der Waals surface area contributed by atoms with Crippen LogP contribution in [0.3, 0.4) is 0 Å². The second-order valence-corrected chi connectivity index (χ2v) is 5.64. The number of benzene rings is 1. The first kappa shape index (κ1) is 17.9. The second-order valence-electron chi connectivity index (χ2n) is 5.64. The van der Waals surface area contributed by atoms with Crippen LogP contribution in [0, 0.1) is 11.8 Å². The first-order valence-corrected chi connectivity index (χ1v) is 7.82. The molecule has 7 heteroatoms. The van der Waals surface area contributed by atoms with Gasteiger partial charge < -0.3 is 20.1 Å². The van der Waals surface area contributed by atoms with Crippen LogP contribution in [0.5, 0.6) is 0 Å². The highest BCUT2D eigenvalue weighted by Gasteiger charge is 2.47. The topological polar surface area (TPSA) is 93.7 Å². The summed E-state index contributed by atoms with van der Waals surface area (Å²) in [6.07, 6.45) is 1.31. The zero-order valence-electron chi connectivity index (χ0n) is 13.8. The van der Waals surface area contributed by atoms with E-state index in [9.17, 15) is 14.4 Å². The fraction of sp³-hybridized carbons (Fsp3) is 0.471. The molecule has 0 saturated heterocycles. The summed E-state index contributed by atoms with van der Waals surface area (Å²) >= 11 is 0. The number of nitrogens with one attached hydrogen (secondary N) is 2. The van der Waals surface area contributed by atoms with Crippen molar-refractivity contribution in [3.05, 3.63) is 29.8 Å². The van der Waals surface area contributed by atoms with E-state index in [1.165, 1.54) is 7.11 Å². The summed E-state index contributed by atoms with van der Waals surface area (Å²) in [6.45, 7) is 1.14. The number of rotatable bonds is 8. The van der Waals surface area contributed by atoms with Gasteiger partial charge in [0.1, 0.15) is 0 Å². The van der Waals surface area contributed by atoms with Crippen molar-refractivity contribution in [1.29, 1.82) is 0 Å². The zero-order chi connectivity index (χ0) is 17.5. The van der Waals surface area contributed by atoms with Crippen LogP contribution >= 0.6 is 0 Å². The second kappa shape index (κ2) is 8.44. The van der Waals surface area contributed by atoms with Gasteiger partial charge in [-0.2, -0.15) is 0 Å². The predicted molar refractivity (Wildman–Crippen MR) is 87.5 cm³/mol. The molecule has 0 heterocycles. The summed E-state index contributed by atoms with van der Waals surface area (Å²) in [5, 5.41) is 5.56. The van der Waals surface area contributed by atoms with Gasteiger partial charge in [0.15, 0.2) is 0 Å². The number of carbonyl (C=O) groups is 3. The van der Waals surface area contributed by atoms with Gasteiger partial charge >= 0.3 is 5.97 Å². The summed E-state index contributed by atoms with van der Waals surface area (Å²) in [5.74, 6) is -1.26. The molecule has 2 unspecified atom stereocenters.